The third kappa shape index (κ3) is 4.35. The van der Waals surface area contributed by atoms with Crippen LogP contribution in [-0.2, 0) is 15.4 Å². The molecule has 2 unspecified atom stereocenters. The largest absolute Gasteiger partial charge is 0.377 e. The van der Waals surface area contributed by atoms with Gasteiger partial charge in [0.15, 0.2) is 5.65 Å². The van der Waals surface area contributed by atoms with Crippen molar-refractivity contribution in [2.75, 3.05) is 49.3 Å². The first kappa shape index (κ1) is 22.3. The Labute approximate surface area is 197 Å². The van der Waals surface area contributed by atoms with Crippen LogP contribution in [0.1, 0.15) is 19.4 Å². The Balaban J connectivity index is 1.65. The fourth-order valence-electron chi connectivity index (χ4n) is 4.39. The molecule has 0 amide bonds. The maximum absolute atomic E-state index is 14.0. The molecule has 1 aromatic carbocycles. The Hall–Kier alpha value is -2.55. The van der Waals surface area contributed by atoms with E-state index < -0.39 is 0 Å². The number of hydrogen-bond donors (Lipinski definition) is 0. The Morgan fingerprint density at radius 3 is 2.39 bits per heavy atom. The number of rotatable bonds is 4. The van der Waals surface area contributed by atoms with Crippen molar-refractivity contribution in [1.29, 1.82) is 0 Å². The number of fused-ring (bicyclic) bond motifs is 1. The number of hydrogen-bond acceptors (Lipinski definition) is 7. The van der Waals surface area contributed by atoms with E-state index in [4.69, 9.17) is 36.0 Å². The number of ether oxygens (including phenoxy) is 2. The number of morpholine rings is 2. The van der Waals surface area contributed by atoms with Crippen molar-refractivity contribution >= 4 is 34.4 Å². The number of aromatic nitrogens is 3. The predicted molar refractivity (Wildman–Crippen MR) is 128 cm³/mol. The summed E-state index contributed by atoms with van der Waals surface area (Å²) in [5.41, 5.74) is 2.58. The molecule has 2 aliphatic rings. The zero-order valence-electron chi connectivity index (χ0n) is 18.8. The van der Waals surface area contributed by atoms with E-state index >= 15 is 0 Å². The van der Waals surface area contributed by atoms with Gasteiger partial charge in [-0.05, 0) is 44.2 Å². The molecule has 2 saturated heterocycles. The summed E-state index contributed by atoms with van der Waals surface area (Å²) in [4.78, 5) is 19.2. The van der Waals surface area contributed by atoms with Crippen LogP contribution >= 0.6 is 11.6 Å². The molecule has 9 heteroatoms. The van der Waals surface area contributed by atoms with E-state index in [1.54, 1.807) is 12.1 Å². The van der Waals surface area contributed by atoms with Gasteiger partial charge in [0.2, 0.25) is 5.95 Å². The monoisotopic (exact) mass is 471 g/mol. The molecule has 2 fully saturated rings. The molecule has 2 atom stereocenters. The summed E-state index contributed by atoms with van der Waals surface area (Å²) in [6, 6.07) is 9.19. The lowest BCUT2D eigenvalue weighted by molar-refractivity contribution is 0.0973. The highest BCUT2D eigenvalue weighted by atomic mass is 35.5. The lowest BCUT2D eigenvalue weighted by Crippen LogP contribution is -2.46. The Kier molecular flexibility index (Phi) is 6.32. The minimum Gasteiger partial charge on any atom is -0.377 e. The van der Waals surface area contributed by atoms with Crippen molar-refractivity contribution in [2.45, 2.75) is 31.8 Å². The molecule has 2 aliphatic heterocycles. The smallest absolute Gasteiger partial charge is 0.229 e. The van der Waals surface area contributed by atoms with Crippen LogP contribution in [-0.4, -0.2) is 66.6 Å². The topological polar surface area (TPSA) is 63.6 Å². The standard InChI is InChI=1S/C24H27ClFN5O2/c1-15-13-32-9-7-30(15)23-19-4-6-21(17-3-5-20(26)18(11-17)12-25)27-22(19)28-24(29-23)31-8-10-33-14-16(31)2/h3-6,11,15-16H,7-10,12-14H2,1-2H3. The van der Waals surface area contributed by atoms with Crippen LogP contribution in [0.25, 0.3) is 22.3 Å². The molecule has 0 N–H and O–H groups in total. The number of alkyl halides is 1. The van der Waals surface area contributed by atoms with Gasteiger partial charge in [-0.15, -0.1) is 11.6 Å². The molecule has 0 spiro atoms. The van der Waals surface area contributed by atoms with Gasteiger partial charge < -0.3 is 19.3 Å². The second-order valence-electron chi connectivity index (χ2n) is 8.59. The lowest BCUT2D eigenvalue weighted by atomic mass is 10.1. The number of pyridine rings is 1. The van der Waals surface area contributed by atoms with E-state index in [0.29, 0.717) is 43.6 Å². The fourth-order valence-corrected chi connectivity index (χ4v) is 4.60. The summed E-state index contributed by atoms with van der Waals surface area (Å²) in [6.45, 7) is 8.30. The molecule has 0 radical (unpaired) electrons. The summed E-state index contributed by atoms with van der Waals surface area (Å²) in [5.74, 6) is 1.30. The lowest BCUT2D eigenvalue weighted by Gasteiger charge is -2.37. The van der Waals surface area contributed by atoms with Crippen LogP contribution in [0.5, 0.6) is 0 Å². The van der Waals surface area contributed by atoms with Gasteiger partial charge in [0, 0.05) is 24.2 Å². The molecule has 0 aliphatic carbocycles. The van der Waals surface area contributed by atoms with Crippen LogP contribution in [0.2, 0.25) is 0 Å². The molecule has 3 aromatic rings. The molecule has 5 rings (SSSR count). The Morgan fingerprint density at radius 1 is 0.970 bits per heavy atom. The molecule has 33 heavy (non-hydrogen) atoms. The Morgan fingerprint density at radius 2 is 1.70 bits per heavy atom. The summed E-state index contributed by atoms with van der Waals surface area (Å²) in [7, 11) is 0. The van der Waals surface area contributed by atoms with Gasteiger partial charge >= 0.3 is 0 Å². The average molecular weight is 472 g/mol. The molecule has 0 bridgehead atoms. The van der Waals surface area contributed by atoms with E-state index in [-0.39, 0.29) is 23.8 Å². The van der Waals surface area contributed by atoms with Gasteiger partial charge in [0.1, 0.15) is 11.6 Å². The van der Waals surface area contributed by atoms with Crippen LogP contribution in [0.15, 0.2) is 30.3 Å². The van der Waals surface area contributed by atoms with E-state index in [9.17, 15) is 4.39 Å². The molecule has 7 nitrogen and oxygen atoms in total. The van der Waals surface area contributed by atoms with Crippen molar-refractivity contribution in [3.05, 3.63) is 41.7 Å². The predicted octanol–water partition coefficient (Wildman–Crippen LogP) is 4.02. The van der Waals surface area contributed by atoms with Gasteiger partial charge in [-0.25, -0.2) is 9.37 Å². The summed E-state index contributed by atoms with van der Waals surface area (Å²) < 4.78 is 25.2. The number of benzene rings is 1. The molecular weight excluding hydrogens is 445 g/mol. The maximum Gasteiger partial charge on any atom is 0.229 e. The molecule has 0 saturated carbocycles. The molecule has 2 aromatic heterocycles. The fraction of sp³-hybridized carbons (Fsp3) is 0.458. The quantitative estimate of drug-likeness (QED) is 0.532. The number of halogens is 2. The van der Waals surface area contributed by atoms with Crippen LogP contribution < -0.4 is 9.80 Å². The van der Waals surface area contributed by atoms with Gasteiger partial charge in [-0.3, -0.25) is 0 Å². The first-order chi connectivity index (χ1) is 16.0. The highest BCUT2D eigenvalue weighted by Gasteiger charge is 2.27. The minimum absolute atomic E-state index is 0.105. The normalized spacial score (nSPS) is 21.6. The third-order valence-electron chi connectivity index (χ3n) is 6.28. The van der Waals surface area contributed by atoms with E-state index in [2.05, 4.69) is 23.6 Å². The third-order valence-corrected chi connectivity index (χ3v) is 6.57. The maximum atomic E-state index is 14.0. The highest BCUT2D eigenvalue weighted by Crippen LogP contribution is 2.31. The van der Waals surface area contributed by atoms with Crippen molar-refractivity contribution in [3.8, 4) is 11.3 Å². The average Bonchev–Trinajstić information content (AvgIpc) is 2.84. The van der Waals surface area contributed by atoms with E-state index in [1.807, 2.05) is 12.1 Å². The van der Waals surface area contributed by atoms with E-state index in [0.717, 1.165) is 35.6 Å². The molecular formula is C24H27ClFN5O2. The highest BCUT2D eigenvalue weighted by molar-refractivity contribution is 6.17. The van der Waals surface area contributed by atoms with Gasteiger partial charge in [-0.2, -0.15) is 9.97 Å². The van der Waals surface area contributed by atoms with Gasteiger partial charge in [0.25, 0.3) is 0 Å². The van der Waals surface area contributed by atoms with Crippen molar-refractivity contribution in [2.24, 2.45) is 0 Å². The van der Waals surface area contributed by atoms with Gasteiger partial charge in [-0.1, -0.05) is 0 Å². The summed E-state index contributed by atoms with van der Waals surface area (Å²) in [5, 5.41) is 0.886. The van der Waals surface area contributed by atoms with E-state index in [1.165, 1.54) is 6.07 Å². The Bertz CT molecular complexity index is 1160. The molecule has 174 valence electrons. The van der Waals surface area contributed by atoms with Crippen molar-refractivity contribution in [1.82, 2.24) is 15.0 Å². The second-order valence-corrected chi connectivity index (χ2v) is 8.86. The zero-order chi connectivity index (χ0) is 22.9. The van der Waals surface area contributed by atoms with Crippen LogP contribution in [0.3, 0.4) is 0 Å². The van der Waals surface area contributed by atoms with Crippen molar-refractivity contribution in [3.63, 3.8) is 0 Å². The second kappa shape index (κ2) is 9.37. The number of anilines is 2. The summed E-state index contributed by atoms with van der Waals surface area (Å²) >= 11 is 5.92. The SMILES string of the molecule is CC1COCCN1c1nc(N2CCOCC2C)c2ccc(-c3ccc(F)c(CCl)c3)nc2n1. The minimum atomic E-state index is -0.316. The summed E-state index contributed by atoms with van der Waals surface area (Å²) in [6.07, 6.45) is 0. The first-order valence-electron chi connectivity index (χ1n) is 11.3. The van der Waals surface area contributed by atoms with Crippen LogP contribution in [0.4, 0.5) is 16.2 Å². The van der Waals surface area contributed by atoms with Crippen molar-refractivity contribution < 1.29 is 13.9 Å². The van der Waals surface area contributed by atoms with Gasteiger partial charge in [0.05, 0.1) is 55.5 Å². The zero-order valence-corrected chi connectivity index (χ0v) is 19.6. The number of nitrogens with zero attached hydrogens (tertiary/aromatic N) is 5. The first-order valence-corrected chi connectivity index (χ1v) is 11.8. The van der Waals surface area contributed by atoms with Crippen LogP contribution in [0, 0.1) is 5.82 Å². The molecule has 4 heterocycles.